The van der Waals surface area contributed by atoms with Crippen LogP contribution < -0.4 is 14.8 Å². The van der Waals surface area contributed by atoms with Crippen LogP contribution in [0.3, 0.4) is 0 Å². The zero-order chi connectivity index (χ0) is 24.9. The van der Waals surface area contributed by atoms with Crippen molar-refractivity contribution in [2.45, 2.75) is 45.7 Å². The van der Waals surface area contributed by atoms with Crippen molar-refractivity contribution in [2.24, 2.45) is 0 Å². The van der Waals surface area contributed by atoms with Crippen molar-refractivity contribution in [1.82, 2.24) is 4.90 Å². The SMILES string of the molecule is CCCOc1ccc(C([O-])=C2C(=O)C(=O)N(Cc3ccc[nH+]c3)C2c2ccc(C(C)C)cc2)cc1. The Morgan fingerprint density at radius 3 is 2.37 bits per heavy atom. The minimum atomic E-state index is -0.764. The van der Waals surface area contributed by atoms with Crippen LogP contribution in [0.25, 0.3) is 5.76 Å². The molecule has 4 rings (SSSR count). The summed E-state index contributed by atoms with van der Waals surface area (Å²) in [5, 5.41) is 13.6. The lowest BCUT2D eigenvalue weighted by Crippen LogP contribution is -2.29. The number of Topliss-reactive ketones (excluding diaryl/α,β-unsaturated/α-hetero) is 1. The highest BCUT2D eigenvalue weighted by Crippen LogP contribution is 2.40. The van der Waals surface area contributed by atoms with E-state index in [1.807, 2.05) is 43.3 Å². The van der Waals surface area contributed by atoms with E-state index in [2.05, 4.69) is 18.8 Å². The van der Waals surface area contributed by atoms with Crippen LogP contribution in [0.5, 0.6) is 5.75 Å². The summed E-state index contributed by atoms with van der Waals surface area (Å²) < 4.78 is 5.61. The number of nitrogens with zero attached hydrogens (tertiary/aromatic N) is 1. The molecule has 180 valence electrons. The Hall–Kier alpha value is -3.93. The third kappa shape index (κ3) is 5.11. The normalized spacial score (nSPS) is 17.3. The Balaban J connectivity index is 1.78. The Morgan fingerprint density at radius 1 is 1.06 bits per heavy atom. The number of pyridine rings is 1. The van der Waals surface area contributed by atoms with Gasteiger partial charge in [-0.2, -0.15) is 0 Å². The van der Waals surface area contributed by atoms with Crippen LogP contribution in [0.2, 0.25) is 0 Å². The molecule has 6 nitrogen and oxygen atoms in total. The molecule has 0 aliphatic carbocycles. The summed E-state index contributed by atoms with van der Waals surface area (Å²) in [6.07, 6.45) is 4.44. The van der Waals surface area contributed by atoms with E-state index in [0.717, 1.165) is 23.1 Å². The first-order chi connectivity index (χ1) is 16.9. The number of amides is 1. The molecular formula is C29H30N2O4. The van der Waals surface area contributed by atoms with Crippen LogP contribution in [0, 0.1) is 0 Å². The van der Waals surface area contributed by atoms with Gasteiger partial charge in [0.05, 0.1) is 19.2 Å². The quantitative estimate of drug-likeness (QED) is 0.285. The molecule has 2 aromatic carbocycles. The van der Waals surface area contributed by atoms with Crippen molar-refractivity contribution in [2.75, 3.05) is 6.61 Å². The van der Waals surface area contributed by atoms with Crippen molar-refractivity contribution < 1.29 is 24.4 Å². The number of rotatable bonds is 8. The lowest BCUT2D eigenvalue weighted by Gasteiger charge is -2.27. The topological polar surface area (TPSA) is 83.8 Å². The lowest BCUT2D eigenvalue weighted by atomic mass is 9.93. The molecule has 1 aliphatic heterocycles. The molecule has 1 atom stereocenters. The molecule has 35 heavy (non-hydrogen) atoms. The average Bonchev–Trinajstić information content (AvgIpc) is 3.13. The van der Waals surface area contributed by atoms with Gasteiger partial charge in [0.25, 0.3) is 5.91 Å². The summed E-state index contributed by atoms with van der Waals surface area (Å²) in [4.78, 5) is 30.9. The number of aromatic nitrogens is 1. The van der Waals surface area contributed by atoms with Crippen LogP contribution in [-0.4, -0.2) is 23.2 Å². The van der Waals surface area contributed by atoms with Crippen LogP contribution in [0.15, 0.2) is 78.6 Å². The molecule has 0 spiro atoms. The number of H-pyrrole nitrogens is 1. The summed E-state index contributed by atoms with van der Waals surface area (Å²) in [6, 6.07) is 17.5. The molecule has 0 bridgehead atoms. The van der Waals surface area contributed by atoms with E-state index in [1.54, 1.807) is 36.7 Å². The Kier molecular flexibility index (Phi) is 7.30. The maximum Gasteiger partial charge on any atom is 0.295 e. The largest absolute Gasteiger partial charge is 0.872 e. The number of likely N-dealkylation sites (tertiary alicyclic amines) is 1. The maximum atomic E-state index is 13.6. The fraction of sp³-hybridized carbons (Fsp3) is 0.276. The Morgan fingerprint density at radius 2 is 1.77 bits per heavy atom. The summed E-state index contributed by atoms with van der Waals surface area (Å²) in [7, 11) is 0. The summed E-state index contributed by atoms with van der Waals surface area (Å²) in [6.45, 7) is 7.01. The fourth-order valence-corrected chi connectivity index (χ4v) is 4.25. The fourth-order valence-electron chi connectivity index (χ4n) is 4.25. The number of ether oxygens (including phenoxy) is 1. The number of nitrogens with one attached hydrogen (secondary N) is 1. The first kappa shape index (κ1) is 24.2. The zero-order valence-electron chi connectivity index (χ0n) is 20.3. The smallest absolute Gasteiger partial charge is 0.295 e. The van der Waals surface area contributed by atoms with E-state index in [-0.39, 0.29) is 12.1 Å². The highest BCUT2D eigenvalue weighted by atomic mass is 16.5. The number of benzene rings is 2. The molecule has 6 heteroatoms. The molecule has 1 aliphatic rings. The van der Waals surface area contributed by atoms with Gasteiger partial charge < -0.3 is 14.7 Å². The van der Waals surface area contributed by atoms with Crippen molar-refractivity contribution in [1.29, 1.82) is 0 Å². The number of carbonyl (C=O) groups excluding carboxylic acids is 2. The molecule has 3 aromatic rings. The van der Waals surface area contributed by atoms with Crippen LogP contribution >= 0.6 is 0 Å². The van der Waals surface area contributed by atoms with Crippen LogP contribution in [0.4, 0.5) is 0 Å². The number of hydrogen-bond donors (Lipinski definition) is 0. The zero-order valence-corrected chi connectivity index (χ0v) is 20.3. The van der Waals surface area contributed by atoms with Gasteiger partial charge in [0.1, 0.15) is 5.75 Å². The van der Waals surface area contributed by atoms with Gasteiger partial charge in [0, 0.05) is 17.2 Å². The highest BCUT2D eigenvalue weighted by Gasteiger charge is 2.44. The van der Waals surface area contributed by atoms with E-state index in [0.29, 0.717) is 23.8 Å². The number of ketones is 1. The molecule has 1 fully saturated rings. The predicted molar refractivity (Wildman–Crippen MR) is 131 cm³/mol. The van der Waals surface area contributed by atoms with E-state index in [1.165, 1.54) is 4.90 Å². The van der Waals surface area contributed by atoms with Gasteiger partial charge in [-0.3, -0.25) is 9.59 Å². The second-order valence-corrected chi connectivity index (χ2v) is 9.01. The van der Waals surface area contributed by atoms with E-state index in [4.69, 9.17) is 4.74 Å². The van der Waals surface area contributed by atoms with E-state index >= 15 is 0 Å². The van der Waals surface area contributed by atoms with E-state index in [9.17, 15) is 14.7 Å². The minimum Gasteiger partial charge on any atom is -0.872 e. The van der Waals surface area contributed by atoms with Gasteiger partial charge in [0.15, 0.2) is 12.4 Å². The Labute approximate surface area is 205 Å². The van der Waals surface area contributed by atoms with E-state index < -0.39 is 23.5 Å². The second-order valence-electron chi connectivity index (χ2n) is 9.01. The molecule has 1 aromatic heterocycles. The Bertz CT molecular complexity index is 1220. The molecule has 0 saturated carbocycles. The van der Waals surface area contributed by atoms with Crippen molar-refractivity contribution in [3.63, 3.8) is 0 Å². The lowest BCUT2D eigenvalue weighted by molar-refractivity contribution is -0.378. The third-order valence-electron chi connectivity index (χ3n) is 6.16. The molecule has 1 saturated heterocycles. The number of aromatic amines is 1. The minimum absolute atomic E-state index is 0.0190. The molecule has 1 amide bonds. The standard InChI is InChI=1S/C29H30N2O4/c1-4-16-35-24-13-11-23(12-14-24)27(32)25-26(22-9-7-21(8-10-22)19(2)3)31(29(34)28(25)33)18-20-6-5-15-30-17-20/h5-15,17,19,26,32H,4,16,18H2,1-3H3. The first-order valence-electron chi connectivity index (χ1n) is 11.9. The van der Waals surface area contributed by atoms with Crippen LogP contribution in [0.1, 0.15) is 61.4 Å². The molecular weight excluding hydrogens is 440 g/mol. The van der Waals surface area contributed by atoms with Gasteiger partial charge in [0.2, 0.25) is 5.78 Å². The van der Waals surface area contributed by atoms with Crippen molar-refractivity contribution in [3.05, 3.63) is 101 Å². The highest BCUT2D eigenvalue weighted by molar-refractivity contribution is 6.46. The van der Waals surface area contributed by atoms with Gasteiger partial charge >= 0.3 is 0 Å². The monoisotopic (exact) mass is 470 g/mol. The predicted octanol–water partition coefficient (Wildman–Crippen LogP) is 3.84. The third-order valence-corrected chi connectivity index (χ3v) is 6.16. The summed E-state index contributed by atoms with van der Waals surface area (Å²) >= 11 is 0. The van der Waals surface area contributed by atoms with Gasteiger partial charge in [-0.25, -0.2) is 4.98 Å². The molecule has 1 unspecified atom stereocenters. The number of hydrogen-bond acceptors (Lipinski definition) is 4. The second kappa shape index (κ2) is 10.6. The number of carbonyl (C=O) groups is 2. The average molecular weight is 471 g/mol. The molecule has 0 radical (unpaired) electrons. The summed E-state index contributed by atoms with van der Waals surface area (Å²) in [5.74, 6) is -0.863. The van der Waals surface area contributed by atoms with Gasteiger partial charge in [-0.05, 0) is 47.2 Å². The van der Waals surface area contributed by atoms with Gasteiger partial charge in [-0.15, -0.1) is 0 Å². The summed E-state index contributed by atoms with van der Waals surface area (Å²) in [5.41, 5.74) is 3.05. The van der Waals surface area contributed by atoms with Gasteiger partial charge in [-0.1, -0.05) is 62.9 Å². The first-order valence-corrected chi connectivity index (χ1v) is 11.9. The van der Waals surface area contributed by atoms with Crippen molar-refractivity contribution in [3.8, 4) is 5.75 Å². The van der Waals surface area contributed by atoms with Crippen molar-refractivity contribution >= 4 is 17.4 Å². The molecule has 1 N–H and O–H groups in total. The molecule has 2 heterocycles. The maximum absolute atomic E-state index is 13.6. The van der Waals surface area contributed by atoms with Crippen LogP contribution in [-0.2, 0) is 16.1 Å².